The van der Waals surface area contributed by atoms with E-state index in [0.717, 1.165) is 30.6 Å². The maximum Gasteiger partial charge on any atom is 0.415 e. The maximum absolute atomic E-state index is 14.8. The minimum Gasteiger partial charge on any atom is -0.465 e. The first kappa shape index (κ1) is 22.8. The molecule has 2 aliphatic heterocycles. The van der Waals surface area contributed by atoms with Crippen LogP contribution in [0.15, 0.2) is 35.6 Å². The van der Waals surface area contributed by atoms with E-state index in [9.17, 15) is 31.1 Å². The Balaban J connectivity index is 1.66. The molecule has 1 aromatic carbocycles. The number of halogens is 6. The first-order chi connectivity index (χ1) is 15.5. The minimum absolute atomic E-state index is 0.0139. The zero-order valence-electron chi connectivity index (χ0n) is 16.4. The van der Waals surface area contributed by atoms with Gasteiger partial charge in [0.25, 0.3) is 18.4 Å². The predicted octanol–water partition coefficient (Wildman–Crippen LogP) is 2.92. The molecule has 0 unspecified atom stereocenters. The monoisotopic (exact) mass is 475 g/mol. The molecule has 1 amide bonds. The number of nitrogens with two attached hydrogens (primary N) is 1. The van der Waals surface area contributed by atoms with Crippen molar-refractivity contribution in [2.24, 2.45) is 16.6 Å². The average molecular weight is 475 g/mol. The fourth-order valence-electron chi connectivity index (χ4n) is 3.79. The number of benzene rings is 1. The first-order valence-corrected chi connectivity index (χ1v) is 9.39. The largest absolute Gasteiger partial charge is 0.465 e. The molecule has 3 heterocycles. The average Bonchev–Trinajstić information content (AvgIpc) is 3.15. The number of aliphatic imine (C=N–C) groups is 1. The Morgan fingerprint density at radius 1 is 1.24 bits per heavy atom. The summed E-state index contributed by atoms with van der Waals surface area (Å²) in [4.78, 5) is 23.4. The number of amides is 1. The zero-order valence-corrected chi connectivity index (χ0v) is 16.4. The van der Waals surface area contributed by atoms with Crippen LogP contribution in [-0.4, -0.2) is 47.4 Å². The third-order valence-electron chi connectivity index (χ3n) is 5.32. The molecule has 0 saturated carbocycles. The Hall–Kier alpha value is -3.42. The van der Waals surface area contributed by atoms with E-state index in [1.807, 2.05) is 0 Å². The predicted molar refractivity (Wildman–Crippen MR) is 99.9 cm³/mol. The van der Waals surface area contributed by atoms with Crippen LogP contribution in [0, 0.1) is 11.7 Å². The quantitative estimate of drug-likeness (QED) is 0.658. The van der Waals surface area contributed by atoms with E-state index >= 15 is 0 Å². The van der Waals surface area contributed by atoms with Crippen molar-refractivity contribution < 1.29 is 40.6 Å². The molecule has 0 spiro atoms. The van der Waals surface area contributed by atoms with Crippen LogP contribution in [0.5, 0.6) is 0 Å². The summed E-state index contributed by atoms with van der Waals surface area (Å²) in [5, 5.41) is 2.37. The molecule has 176 valence electrons. The van der Waals surface area contributed by atoms with E-state index in [0.29, 0.717) is 0 Å². The van der Waals surface area contributed by atoms with Crippen molar-refractivity contribution in [2.45, 2.75) is 24.2 Å². The number of nitrogens with zero attached hydrogens (tertiary/aromatic N) is 3. The van der Waals surface area contributed by atoms with Crippen LogP contribution in [0.25, 0.3) is 0 Å². The lowest BCUT2D eigenvalue weighted by Gasteiger charge is -2.36. The van der Waals surface area contributed by atoms with E-state index in [4.69, 9.17) is 15.2 Å². The lowest BCUT2D eigenvalue weighted by molar-refractivity contribution is -0.219. The van der Waals surface area contributed by atoms with Crippen LogP contribution < -0.4 is 11.1 Å². The molecule has 8 nitrogen and oxygen atoms in total. The molecule has 0 bridgehead atoms. The smallest absolute Gasteiger partial charge is 0.415 e. The number of aromatic nitrogens is 2. The Kier molecular flexibility index (Phi) is 5.64. The Morgan fingerprint density at radius 2 is 2.00 bits per heavy atom. The summed E-state index contributed by atoms with van der Waals surface area (Å²) >= 11 is 0. The maximum atomic E-state index is 14.8. The van der Waals surface area contributed by atoms with Crippen LogP contribution in [0.4, 0.5) is 32.0 Å². The van der Waals surface area contributed by atoms with Crippen LogP contribution in [0.3, 0.4) is 0 Å². The minimum atomic E-state index is -4.76. The Bertz CT molecular complexity index is 1090. The molecule has 3 atom stereocenters. The highest BCUT2D eigenvalue weighted by Gasteiger charge is 2.62. The second-order valence-electron chi connectivity index (χ2n) is 7.34. The van der Waals surface area contributed by atoms with Crippen molar-refractivity contribution in [1.29, 1.82) is 0 Å². The number of rotatable bonds is 4. The molecule has 3 N–H and O–H groups in total. The van der Waals surface area contributed by atoms with Crippen molar-refractivity contribution in [3.8, 4) is 0 Å². The third-order valence-corrected chi connectivity index (χ3v) is 5.32. The third kappa shape index (κ3) is 4.17. The molecule has 2 aliphatic rings. The lowest BCUT2D eigenvalue weighted by atomic mass is 9.77. The molecule has 1 saturated heterocycles. The number of carbonyl (C=O) groups is 1. The highest BCUT2D eigenvalue weighted by Crippen LogP contribution is 2.50. The van der Waals surface area contributed by atoms with E-state index in [1.165, 1.54) is 0 Å². The first-order valence-electron chi connectivity index (χ1n) is 9.39. The van der Waals surface area contributed by atoms with Gasteiger partial charge in [0.1, 0.15) is 22.7 Å². The fourth-order valence-corrected chi connectivity index (χ4v) is 3.79. The molecular formula is C19H15F6N5O3. The second-order valence-corrected chi connectivity index (χ2v) is 7.34. The van der Waals surface area contributed by atoms with E-state index in [1.54, 1.807) is 0 Å². The molecular weight excluding hydrogens is 460 g/mol. The fraction of sp³-hybridized carbons (Fsp3) is 0.368. The van der Waals surface area contributed by atoms with Crippen molar-refractivity contribution in [2.75, 3.05) is 18.5 Å². The van der Waals surface area contributed by atoms with E-state index < -0.39 is 66.8 Å². The van der Waals surface area contributed by atoms with E-state index in [-0.39, 0.29) is 16.9 Å². The van der Waals surface area contributed by atoms with Crippen LogP contribution in [-0.2, 0) is 15.0 Å². The number of ether oxygens (including phenoxy) is 2. The molecule has 14 heteroatoms. The van der Waals surface area contributed by atoms with Gasteiger partial charge < -0.3 is 20.5 Å². The summed E-state index contributed by atoms with van der Waals surface area (Å²) in [6.07, 6.45) is -8.34. The standard InChI is InChI=1S/C19H15F6N5O3/c20-11-2-1-8(29-16(31)13-5-27-12(4-28-13)15(21)22)3-9(11)18-7-33-14(19(23,24)25)10(18)6-32-17(26)30-18/h1-5,10,14-15H,6-7H2,(H2,26,30)(H,29,31)/t10-,14+,18-/m1/s1. The van der Waals surface area contributed by atoms with Gasteiger partial charge in [0.2, 0.25) is 0 Å². The van der Waals surface area contributed by atoms with Gasteiger partial charge in [-0.2, -0.15) is 13.2 Å². The summed E-state index contributed by atoms with van der Waals surface area (Å²) in [6, 6.07) is 2.77. The molecule has 0 radical (unpaired) electrons. The number of carbonyl (C=O) groups excluding carboxylic acids is 1. The van der Waals surface area contributed by atoms with Gasteiger partial charge in [-0.15, -0.1) is 0 Å². The van der Waals surface area contributed by atoms with Crippen molar-refractivity contribution >= 4 is 17.6 Å². The van der Waals surface area contributed by atoms with Crippen LogP contribution in [0.2, 0.25) is 0 Å². The summed E-state index contributed by atoms with van der Waals surface area (Å²) in [7, 11) is 0. The SMILES string of the molecule is NC1=N[C@@]2(c3cc(NC(=O)c4cnc(C(F)F)cn4)ccc3F)CO[C@H](C(F)(F)F)[C@H]2CO1. The summed E-state index contributed by atoms with van der Waals surface area (Å²) < 4.78 is 90.3. The van der Waals surface area contributed by atoms with Crippen molar-refractivity contribution in [1.82, 2.24) is 9.97 Å². The van der Waals surface area contributed by atoms with Gasteiger partial charge in [0.05, 0.1) is 31.5 Å². The Labute approximate surface area is 181 Å². The zero-order chi connectivity index (χ0) is 24.0. The van der Waals surface area contributed by atoms with Gasteiger partial charge in [-0.05, 0) is 18.2 Å². The molecule has 0 aliphatic carbocycles. The summed E-state index contributed by atoms with van der Waals surface area (Å²) in [5.74, 6) is -3.19. The van der Waals surface area contributed by atoms with Gasteiger partial charge in [-0.1, -0.05) is 0 Å². The Morgan fingerprint density at radius 3 is 2.64 bits per heavy atom. The number of hydrogen-bond donors (Lipinski definition) is 2. The molecule has 2 aromatic rings. The van der Waals surface area contributed by atoms with Crippen LogP contribution >= 0.6 is 0 Å². The van der Waals surface area contributed by atoms with Gasteiger partial charge in [-0.3, -0.25) is 9.78 Å². The number of nitrogens with one attached hydrogen (secondary N) is 1. The molecule has 4 rings (SSSR count). The molecule has 33 heavy (non-hydrogen) atoms. The second kappa shape index (κ2) is 8.17. The number of fused-ring (bicyclic) bond motifs is 1. The van der Waals surface area contributed by atoms with E-state index in [2.05, 4.69) is 20.3 Å². The van der Waals surface area contributed by atoms with Crippen molar-refractivity contribution in [3.63, 3.8) is 0 Å². The van der Waals surface area contributed by atoms with Crippen LogP contribution in [0.1, 0.15) is 28.2 Å². The van der Waals surface area contributed by atoms with Gasteiger partial charge in [0.15, 0.2) is 6.10 Å². The van der Waals surface area contributed by atoms with Gasteiger partial charge in [-0.25, -0.2) is 23.1 Å². The van der Waals surface area contributed by atoms with Gasteiger partial charge >= 0.3 is 6.18 Å². The highest BCUT2D eigenvalue weighted by molar-refractivity contribution is 6.02. The van der Waals surface area contributed by atoms with Crippen molar-refractivity contribution in [3.05, 3.63) is 53.4 Å². The number of alkyl halides is 5. The number of anilines is 1. The highest BCUT2D eigenvalue weighted by atomic mass is 19.4. The number of amidine groups is 1. The lowest BCUT2D eigenvalue weighted by Crippen LogP contribution is -2.48. The topological polar surface area (TPSA) is 112 Å². The van der Waals surface area contributed by atoms with Gasteiger partial charge in [0, 0.05) is 11.3 Å². The normalized spacial score (nSPS) is 24.8. The number of hydrogen-bond acceptors (Lipinski definition) is 7. The summed E-state index contributed by atoms with van der Waals surface area (Å²) in [6.45, 7) is -1.14. The molecule has 1 fully saturated rings. The molecule has 1 aromatic heterocycles. The summed E-state index contributed by atoms with van der Waals surface area (Å²) in [5.41, 5.74) is 2.49.